The van der Waals surface area contributed by atoms with Crippen LogP contribution in [0.25, 0.3) is 44.5 Å². The fourth-order valence-corrected chi connectivity index (χ4v) is 23.1. The summed E-state index contributed by atoms with van der Waals surface area (Å²) in [5.74, 6) is 0. The first-order chi connectivity index (χ1) is 74.3. The van der Waals surface area contributed by atoms with Gasteiger partial charge in [-0.1, -0.05) is 360 Å². The minimum atomic E-state index is -4.43. The van der Waals surface area contributed by atoms with E-state index in [-0.39, 0.29) is 41.3 Å². The first kappa shape index (κ1) is 72.1. The number of fused-ring (bicyclic) bond motifs is 9. The van der Waals surface area contributed by atoms with Crippen LogP contribution >= 0.6 is 0 Å². The Morgan fingerprint density at radius 1 is 0.210 bits per heavy atom. The van der Waals surface area contributed by atoms with Gasteiger partial charge in [-0.3, -0.25) is 0 Å². The van der Waals surface area contributed by atoms with Gasteiger partial charge in [0.05, 0.1) is 4.11 Å². The number of hydrogen-bond acceptors (Lipinski definition) is 4. The van der Waals surface area contributed by atoms with E-state index in [2.05, 4.69) is 328 Å². The molecule has 2 atom stereocenters. The van der Waals surface area contributed by atoms with E-state index < -0.39 is 68.5 Å². The molecule has 0 N–H and O–H groups in total. The molecule has 23 rings (SSSR count). The maximum absolute atomic E-state index is 9.40. The summed E-state index contributed by atoms with van der Waals surface area (Å²) in [6.45, 7) is 6.29. The van der Waals surface area contributed by atoms with Crippen molar-refractivity contribution >= 4 is 68.2 Å². The number of rotatable bonds is 16. The first-order valence-corrected chi connectivity index (χ1v) is 48.5. The molecule has 0 radical (unpaired) electrons. The summed E-state index contributed by atoms with van der Waals surface area (Å²) < 4.78 is 184. The second-order valence-corrected chi connectivity index (χ2v) is 41.8. The van der Waals surface area contributed by atoms with Crippen LogP contribution in [0.5, 0.6) is 0 Å². The second kappa shape index (κ2) is 36.6. The standard InChI is InChI=1S/2C34H37N.C33H33N.C32H31N.CH4/c2*1-24-22-28(35(26-14-10-8-11-15-26)27-16-12-9-13-17-27)19-20-29(24)25-18-21-30-31(23-25)33(4,5)34(6,7)32(30,2)3;1-24-22-28(34(26-10-6-4-7-11-26)27-12-8-5-9-13-27)15-16-29(24)25-14-17-30-31(23-25)33(3)20-18-32(30,2)19-21-33;1-23-20-27(33(25-10-6-4-7-11-25)26-12-8-5-9-13-26)15-16-28(23)24-14-17-29-30(21-24)32(3)19-18-31(29,2)22-32;/h2*8-23H,1-7H3;4-17,22-23H,18-21H2,1-3H3;4-17,20-21H,18-19,22H2,1-3H3;1H4/i2D3,3D3,4D3,5D3,6D3,7D3;18D,21D,23D;;;. The molecule has 698 valence electrons. The number of benzene rings is 16. The van der Waals surface area contributed by atoms with Crippen molar-refractivity contribution in [3.63, 3.8) is 0 Å². The van der Waals surface area contributed by atoms with Gasteiger partial charge in [0, 0.05) is 92.9 Å². The molecule has 0 saturated heterocycles. The number of nitrogens with zero attached hydrogens (tertiary/aromatic N) is 4. The number of hydrogen-bond donors (Lipinski definition) is 0. The van der Waals surface area contributed by atoms with Gasteiger partial charge in [0.2, 0.25) is 0 Å². The molecule has 0 amide bonds. The summed E-state index contributed by atoms with van der Waals surface area (Å²) in [5.41, 5.74) is 18.2. The molecule has 4 bridgehead atoms. The lowest BCUT2D eigenvalue weighted by molar-refractivity contribution is 0.125. The first-order valence-electron chi connectivity index (χ1n) is 59.0. The van der Waals surface area contributed by atoms with Crippen molar-refractivity contribution in [1.29, 1.82) is 0 Å². The summed E-state index contributed by atoms with van der Waals surface area (Å²) in [4.78, 5) is 8.85. The lowest BCUT2D eigenvalue weighted by Gasteiger charge is -2.52. The Kier molecular flexibility index (Phi) is 19.1. The van der Waals surface area contributed by atoms with E-state index in [1.165, 1.54) is 119 Å². The van der Waals surface area contributed by atoms with Crippen molar-refractivity contribution in [3.05, 3.63) is 455 Å². The summed E-state index contributed by atoms with van der Waals surface area (Å²) in [6.07, 6.45) is 9.26. The highest BCUT2D eigenvalue weighted by atomic mass is 15.2. The Morgan fingerprint density at radius 3 is 0.768 bits per heavy atom. The lowest BCUT2D eigenvalue weighted by Crippen LogP contribution is -2.44. The summed E-state index contributed by atoms with van der Waals surface area (Å²) in [7, 11) is 0. The second-order valence-electron chi connectivity index (χ2n) is 41.8. The van der Waals surface area contributed by atoms with Crippen LogP contribution in [0, 0.1) is 38.5 Å². The highest BCUT2D eigenvalue weighted by Gasteiger charge is 2.59. The average molecular weight is 1830 g/mol. The van der Waals surface area contributed by atoms with Crippen molar-refractivity contribution in [2.75, 3.05) is 19.6 Å². The van der Waals surface area contributed by atoms with Crippen LogP contribution in [0.1, 0.15) is 258 Å². The Balaban J connectivity index is 0.000000139. The Labute approximate surface area is 856 Å². The average Bonchev–Trinajstić information content (AvgIpc) is 1.44. The smallest absolute Gasteiger partial charge is 0.0632 e. The van der Waals surface area contributed by atoms with Crippen molar-refractivity contribution in [2.45, 2.75) is 234 Å². The topological polar surface area (TPSA) is 13.0 Å². The highest BCUT2D eigenvalue weighted by molar-refractivity contribution is 5.86. The predicted octanol–water partition coefficient (Wildman–Crippen LogP) is 38.2. The fourth-order valence-electron chi connectivity index (χ4n) is 23.1. The third kappa shape index (κ3) is 16.7. The third-order valence-electron chi connectivity index (χ3n) is 32.4. The van der Waals surface area contributed by atoms with Gasteiger partial charge in [-0.2, -0.15) is 0 Å². The molecule has 2 saturated carbocycles. The van der Waals surface area contributed by atoms with Crippen LogP contribution in [0.2, 0.25) is 0 Å². The summed E-state index contributed by atoms with van der Waals surface area (Å²) in [6, 6.07) is 126. The van der Waals surface area contributed by atoms with Crippen molar-refractivity contribution < 1.29 is 28.8 Å². The molecule has 0 aliphatic heterocycles. The van der Waals surface area contributed by atoms with Crippen LogP contribution in [0.4, 0.5) is 68.2 Å². The minimum Gasteiger partial charge on any atom is -0.310 e. The summed E-state index contributed by atoms with van der Waals surface area (Å²) >= 11 is 0. The predicted molar refractivity (Wildman–Crippen MR) is 593 cm³/mol. The monoisotopic (exact) mass is 1830 g/mol. The highest BCUT2D eigenvalue weighted by Crippen LogP contribution is 2.66. The third-order valence-corrected chi connectivity index (χ3v) is 32.4. The molecule has 7 aliphatic rings. The van der Waals surface area contributed by atoms with Gasteiger partial charge in [0.1, 0.15) is 0 Å². The number of anilines is 12. The molecule has 16 aromatic rings. The molecule has 4 heteroatoms. The van der Waals surface area contributed by atoms with E-state index in [1.54, 1.807) is 47.4 Å². The van der Waals surface area contributed by atoms with Gasteiger partial charge < -0.3 is 19.6 Å². The maximum Gasteiger partial charge on any atom is 0.0632 e. The molecule has 7 aliphatic carbocycles. The molecule has 0 aromatic heterocycles. The molecular formula is C134H142N4. The minimum absolute atomic E-state index is 0. The SMILES string of the molecule is C.Cc1cc(N(c2ccccc2)c2ccccc2)ccc1-c1ccc2c(c1)C1(C)CCC2(C)C1.Cc1cc(N(c2ccccc2)c2ccccc2)ccc1-c1ccc2c(c1)C1(C)CCC2(C)CC1.[2H]C([2H])([2H])C1(C([2H])([2H])[2H])c2ccc(-c3ccc(N(c4ccccc4)c4ccccc4)cc3C)cc2C(C([2H])([2H])[2H])(C([2H])([2H])[2H])C1(C([2H])([2H])[2H])C([2H])([2H])[2H].[2H]c1c([2H])c2c(c([2H])c1-c1ccc(N(c3ccccc3)c3ccccc3)cc1C)C(C)(C)C(C)(C)C2(C)C. The number of para-hydroxylation sites is 8. The Hall–Kier alpha value is -13.3. The van der Waals surface area contributed by atoms with Crippen LogP contribution in [0.3, 0.4) is 0 Å². The van der Waals surface area contributed by atoms with E-state index in [9.17, 15) is 1.37 Å². The summed E-state index contributed by atoms with van der Waals surface area (Å²) in [5, 5.41) is 0. The molecule has 2 fully saturated rings. The zero-order valence-electron chi connectivity index (χ0n) is 102. The molecule has 0 heterocycles. The van der Waals surface area contributed by atoms with Gasteiger partial charge in [0.15, 0.2) is 0 Å². The van der Waals surface area contributed by atoms with E-state index in [0.717, 1.165) is 62.8 Å². The molecule has 0 spiro atoms. The zero-order valence-corrected chi connectivity index (χ0v) is 81.5. The van der Waals surface area contributed by atoms with Gasteiger partial charge >= 0.3 is 0 Å². The van der Waals surface area contributed by atoms with E-state index in [1.807, 2.05) is 115 Å². The molecule has 4 nitrogen and oxygen atoms in total. The molecule has 138 heavy (non-hydrogen) atoms. The quantitative estimate of drug-likeness (QED) is 0.0956. The number of aryl methyl sites for hydroxylation is 4. The van der Waals surface area contributed by atoms with Crippen LogP contribution in [-0.4, -0.2) is 0 Å². The van der Waals surface area contributed by atoms with Crippen LogP contribution < -0.4 is 19.6 Å². The maximum atomic E-state index is 9.40. The molecular weight excluding hydrogens is 1670 g/mol. The van der Waals surface area contributed by atoms with Crippen molar-refractivity contribution in [3.8, 4) is 44.5 Å². The zero-order chi connectivity index (χ0) is 114. The van der Waals surface area contributed by atoms with E-state index >= 15 is 0 Å². The van der Waals surface area contributed by atoms with Gasteiger partial charge in [-0.25, -0.2) is 0 Å². The van der Waals surface area contributed by atoms with Gasteiger partial charge in [0.25, 0.3) is 0 Å². The Bertz CT molecular complexity index is 7840. The fraction of sp³-hybridized carbons (Fsp3) is 0.284. The lowest BCUT2D eigenvalue weighted by atomic mass is 9.52. The van der Waals surface area contributed by atoms with Gasteiger partial charge in [-0.15, -0.1) is 0 Å². The van der Waals surface area contributed by atoms with Crippen LogP contribution in [0.15, 0.2) is 388 Å². The van der Waals surface area contributed by atoms with Gasteiger partial charge in [-0.05, 0) is 384 Å². The van der Waals surface area contributed by atoms with Crippen LogP contribution in [-0.2, 0) is 43.3 Å². The molecule has 2 unspecified atom stereocenters. The van der Waals surface area contributed by atoms with Crippen molar-refractivity contribution in [1.82, 2.24) is 0 Å². The van der Waals surface area contributed by atoms with E-state index in [0.29, 0.717) is 50.1 Å². The normalized spacial score (nSPS) is 22.6. The van der Waals surface area contributed by atoms with E-state index in [4.69, 9.17) is 27.4 Å². The van der Waals surface area contributed by atoms with Crippen molar-refractivity contribution in [2.24, 2.45) is 10.8 Å². The largest absolute Gasteiger partial charge is 0.310 e. The molecule has 16 aromatic carbocycles. The Morgan fingerprint density at radius 2 is 0.464 bits per heavy atom.